The van der Waals surface area contributed by atoms with Crippen molar-refractivity contribution < 1.29 is 0 Å². The molecule has 0 saturated carbocycles. The van der Waals surface area contributed by atoms with Crippen LogP contribution in [0.15, 0.2) is 65.8 Å². The smallest absolute Gasteiger partial charge is 0.191 e. The Balaban J connectivity index is 1.69. The number of rotatable bonds is 3. The van der Waals surface area contributed by atoms with Crippen molar-refractivity contribution in [2.75, 3.05) is 5.32 Å². The zero-order valence-corrected chi connectivity index (χ0v) is 14.7. The lowest BCUT2D eigenvalue weighted by atomic mass is 10.1. The highest BCUT2D eigenvalue weighted by atomic mass is 35.5. The van der Waals surface area contributed by atoms with Gasteiger partial charge in [-0.05, 0) is 47.6 Å². The van der Waals surface area contributed by atoms with Crippen molar-refractivity contribution in [1.82, 2.24) is 5.43 Å². The Hall–Kier alpha value is -2.43. The molecule has 0 atom stereocenters. The second-order valence-electron chi connectivity index (χ2n) is 5.35. The summed E-state index contributed by atoms with van der Waals surface area (Å²) in [6, 6.07) is 19.9. The third-order valence-corrected chi connectivity index (χ3v) is 4.07. The van der Waals surface area contributed by atoms with Crippen LogP contribution in [0.2, 0.25) is 5.02 Å². The molecule has 0 aliphatic heterocycles. The maximum absolute atomic E-state index is 6.01. The van der Waals surface area contributed by atoms with Crippen LogP contribution >= 0.6 is 23.8 Å². The molecule has 3 rings (SSSR count). The Morgan fingerprint density at radius 3 is 2.75 bits per heavy atom. The lowest BCUT2D eigenvalue weighted by Crippen LogP contribution is -2.24. The van der Waals surface area contributed by atoms with Gasteiger partial charge in [0.2, 0.25) is 0 Å². The number of halogens is 1. The van der Waals surface area contributed by atoms with Crippen LogP contribution in [0.4, 0.5) is 5.69 Å². The Morgan fingerprint density at radius 1 is 1.08 bits per heavy atom. The molecule has 5 heteroatoms. The molecule has 2 N–H and O–H groups in total. The summed E-state index contributed by atoms with van der Waals surface area (Å²) in [6.07, 6.45) is 1.77. The van der Waals surface area contributed by atoms with E-state index < -0.39 is 0 Å². The third kappa shape index (κ3) is 3.91. The van der Waals surface area contributed by atoms with Crippen molar-refractivity contribution >= 4 is 51.6 Å². The van der Waals surface area contributed by atoms with Gasteiger partial charge in [0.25, 0.3) is 0 Å². The Morgan fingerprint density at radius 2 is 1.88 bits per heavy atom. The van der Waals surface area contributed by atoms with Gasteiger partial charge in [0.15, 0.2) is 5.11 Å². The number of hydrogen-bond acceptors (Lipinski definition) is 2. The number of nitrogens with one attached hydrogen (secondary N) is 2. The van der Waals surface area contributed by atoms with Crippen molar-refractivity contribution in [2.45, 2.75) is 6.92 Å². The topological polar surface area (TPSA) is 36.4 Å². The predicted octanol–water partition coefficient (Wildman–Crippen LogP) is 5.12. The summed E-state index contributed by atoms with van der Waals surface area (Å²) in [6.45, 7) is 1.99. The quantitative estimate of drug-likeness (QED) is 0.389. The number of hydrogen-bond donors (Lipinski definition) is 2. The molecule has 0 aromatic heterocycles. The Kier molecular flexibility index (Phi) is 5.08. The Labute approximate surface area is 151 Å². The summed E-state index contributed by atoms with van der Waals surface area (Å²) in [4.78, 5) is 0. The summed E-state index contributed by atoms with van der Waals surface area (Å²) < 4.78 is 0. The van der Waals surface area contributed by atoms with Gasteiger partial charge in [-0.25, -0.2) is 0 Å². The number of nitrogens with zero attached hydrogens (tertiary/aromatic N) is 1. The number of anilines is 1. The van der Waals surface area contributed by atoms with Crippen LogP contribution in [0.25, 0.3) is 10.8 Å². The van der Waals surface area contributed by atoms with E-state index in [1.54, 1.807) is 6.21 Å². The van der Waals surface area contributed by atoms with E-state index in [0.29, 0.717) is 10.1 Å². The maximum Gasteiger partial charge on any atom is 0.191 e. The lowest BCUT2D eigenvalue weighted by molar-refractivity contribution is 1.05. The zero-order chi connectivity index (χ0) is 16.9. The molecule has 0 fully saturated rings. The number of thiocarbonyl (C=S) groups is 1. The first-order valence-electron chi connectivity index (χ1n) is 7.47. The zero-order valence-electron chi connectivity index (χ0n) is 13.1. The van der Waals surface area contributed by atoms with Crippen molar-refractivity contribution in [1.29, 1.82) is 0 Å². The highest BCUT2D eigenvalue weighted by Crippen LogP contribution is 2.20. The molecule has 3 nitrogen and oxygen atoms in total. The fourth-order valence-corrected chi connectivity index (χ4v) is 2.74. The molecule has 0 bridgehead atoms. The second kappa shape index (κ2) is 7.43. The van der Waals surface area contributed by atoms with Crippen LogP contribution in [-0.2, 0) is 0 Å². The van der Waals surface area contributed by atoms with Crippen LogP contribution in [-0.4, -0.2) is 11.3 Å². The van der Waals surface area contributed by atoms with E-state index >= 15 is 0 Å². The number of fused-ring (bicyclic) bond motifs is 1. The van der Waals surface area contributed by atoms with Gasteiger partial charge >= 0.3 is 0 Å². The molecule has 0 saturated heterocycles. The highest BCUT2D eigenvalue weighted by molar-refractivity contribution is 7.80. The maximum atomic E-state index is 6.01. The summed E-state index contributed by atoms with van der Waals surface area (Å²) in [7, 11) is 0. The standard InChI is InChI=1S/C19H16ClN3S/c1-13-9-10-16(20)11-18(13)22-19(24)23-21-12-15-7-4-6-14-5-2-3-8-17(14)15/h2-12H,1H3,(H2,22,23,24)/b21-12-. The van der Waals surface area contributed by atoms with Crippen LogP contribution in [0.5, 0.6) is 0 Å². The third-order valence-electron chi connectivity index (χ3n) is 3.64. The minimum atomic E-state index is 0.414. The average molecular weight is 354 g/mol. The van der Waals surface area contributed by atoms with E-state index in [0.717, 1.165) is 22.2 Å². The summed E-state index contributed by atoms with van der Waals surface area (Å²) >= 11 is 11.3. The molecule has 24 heavy (non-hydrogen) atoms. The van der Waals surface area contributed by atoms with E-state index in [4.69, 9.17) is 23.8 Å². The van der Waals surface area contributed by atoms with Crippen molar-refractivity contribution in [3.05, 3.63) is 76.8 Å². The minimum Gasteiger partial charge on any atom is -0.331 e. The number of benzene rings is 3. The first-order chi connectivity index (χ1) is 11.6. The number of hydrazone groups is 1. The van der Waals surface area contributed by atoms with Gasteiger partial charge in [0, 0.05) is 16.3 Å². The van der Waals surface area contributed by atoms with E-state index in [-0.39, 0.29) is 0 Å². The van der Waals surface area contributed by atoms with Gasteiger partial charge in [-0.2, -0.15) is 5.10 Å². The van der Waals surface area contributed by atoms with Crippen LogP contribution < -0.4 is 10.7 Å². The monoisotopic (exact) mass is 353 g/mol. The van der Waals surface area contributed by atoms with Crippen molar-refractivity contribution in [3.8, 4) is 0 Å². The van der Waals surface area contributed by atoms with E-state index in [1.165, 1.54) is 5.39 Å². The van der Waals surface area contributed by atoms with Crippen LogP contribution in [0.3, 0.4) is 0 Å². The van der Waals surface area contributed by atoms with Gasteiger partial charge in [-0.1, -0.05) is 60.1 Å². The van der Waals surface area contributed by atoms with E-state index in [9.17, 15) is 0 Å². The van der Waals surface area contributed by atoms with Crippen LogP contribution in [0, 0.1) is 6.92 Å². The van der Waals surface area contributed by atoms with Gasteiger partial charge in [0.05, 0.1) is 6.21 Å². The summed E-state index contributed by atoms with van der Waals surface area (Å²) in [5.41, 5.74) is 5.79. The van der Waals surface area contributed by atoms with Crippen LogP contribution in [0.1, 0.15) is 11.1 Å². The molecule has 0 radical (unpaired) electrons. The second-order valence-corrected chi connectivity index (χ2v) is 6.20. The van der Waals surface area contributed by atoms with Crippen molar-refractivity contribution in [3.63, 3.8) is 0 Å². The molecule has 120 valence electrons. The lowest BCUT2D eigenvalue weighted by Gasteiger charge is -2.10. The summed E-state index contributed by atoms with van der Waals surface area (Å²) in [5.74, 6) is 0. The van der Waals surface area contributed by atoms with Gasteiger partial charge in [-0.15, -0.1) is 0 Å². The largest absolute Gasteiger partial charge is 0.331 e. The average Bonchev–Trinajstić information content (AvgIpc) is 2.58. The first kappa shape index (κ1) is 16.4. The van der Waals surface area contributed by atoms with Crippen molar-refractivity contribution in [2.24, 2.45) is 5.10 Å². The highest BCUT2D eigenvalue weighted by Gasteiger charge is 2.02. The molecule has 3 aromatic carbocycles. The molecular weight excluding hydrogens is 338 g/mol. The minimum absolute atomic E-state index is 0.414. The molecule has 0 amide bonds. The molecular formula is C19H16ClN3S. The van der Waals surface area contributed by atoms with Gasteiger partial charge in [0.1, 0.15) is 0 Å². The predicted molar refractivity (Wildman–Crippen MR) is 107 cm³/mol. The van der Waals surface area contributed by atoms with Gasteiger partial charge < -0.3 is 5.32 Å². The first-order valence-corrected chi connectivity index (χ1v) is 8.26. The Bertz CT molecular complexity index is 916. The van der Waals surface area contributed by atoms with E-state index in [1.807, 2.05) is 49.4 Å². The molecule has 3 aromatic rings. The fourth-order valence-electron chi connectivity index (χ4n) is 2.40. The summed E-state index contributed by atoms with van der Waals surface area (Å²) in [5, 5.41) is 10.7. The molecule has 0 aliphatic rings. The normalized spacial score (nSPS) is 10.9. The molecule has 0 aliphatic carbocycles. The number of aryl methyl sites for hydroxylation is 1. The fraction of sp³-hybridized carbons (Fsp3) is 0.0526. The molecule has 0 unspecified atom stereocenters. The SMILES string of the molecule is Cc1ccc(Cl)cc1NC(=S)N/N=C\c1cccc2ccccc12. The van der Waals surface area contributed by atoms with Gasteiger partial charge in [-0.3, -0.25) is 5.43 Å². The van der Waals surface area contributed by atoms with E-state index in [2.05, 4.69) is 34.0 Å². The molecule has 0 spiro atoms. The molecule has 0 heterocycles.